The Kier molecular flexibility index (Phi) is 7.66. The summed E-state index contributed by atoms with van der Waals surface area (Å²) in [5.41, 5.74) is 1.89. The van der Waals surface area contributed by atoms with Crippen LogP contribution in [0.3, 0.4) is 0 Å². The maximum Gasteiger partial charge on any atom is 0.243 e. The molecule has 0 amide bonds. The number of nitriles is 1. The normalized spacial score (nSPS) is 19.6. The van der Waals surface area contributed by atoms with Crippen LogP contribution in [0.5, 0.6) is 5.75 Å². The number of nitrogens with zero attached hydrogens (tertiary/aromatic N) is 4. The highest BCUT2D eigenvalue weighted by Crippen LogP contribution is 2.24. The molecule has 2 aromatic rings. The molecule has 0 spiro atoms. The highest BCUT2D eigenvalue weighted by atomic mass is 32.2. The van der Waals surface area contributed by atoms with Crippen LogP contribution in [0.4, 0.5) is 0 Å². The van der Waals surface area contributed by atoms with E-state index in [4.69, 9.17) is 10.00 Å². The van der Waals surface area contributed by atoms with Gasteiger partial charge in [-0.2, -0.15) is 9.57 Å². The van der Waals surface area contributed by atoms with E-state index in [1.807, 2.05) is 18.2 Å². The van der Waals surface area contributed by atoms with Gasteiger partial charge in [0.2, 0.25) is 10.0 Å². The van der Waals surface area contributed by atoms with Crippen LogP contribution in [0.2, 0.25) is 0 Å². The summed E-state index contributed by atoms with van der Waals surface area (Å²) in [6.45, 7) is 5.66. The average Bonchev–Trinajstić information content (AvgIpc) is 3.12. The van der Waals surface area contributed by atoms with Crippen molar-refractivity contribution >= 4 is 10.0 Å². The van der Waals surface area contributed by atoms with Gasteiger partial charge in [0.1, 0.15) is 5.75 Å². The zero-order chi connectivity index (χ0) is 23.3. The van der Waals surface area contributed by atoms with Gasteiger partial charge in [-0.1, -0.05) is 18.2 Å². The van der Waals surface area contributed by atoms with E-state index in [-0.39, 0.29) is 0 Å². The number of benzene rings is 2. The first-order valence-electron chi connectivity index (χ1n) is 11.6. The molecule has 4 rings (SSSR count). The second-order valence-corrected chi connectivity index (χ2v) is 10.7. The average molecular weight is 469 g/mol. The summed E-state index contributed by atoms with van der Waals surface area (Å²) in [5, 5.41) is 9.11. The van der Waals surface area contributed by atoms with Crippen molar-refractivity contribution in [1.82, 2.24) is 14.1 Å². The van der Waals surface area contributed by atoms with Gasteiger partial charge in [-0.3, -0.25) is 9.80 Å². The lowest BCUT2D eigenvalue weighted by Crippen LogP contribution is -2.46. The summed E-state index contributed by atoms with van der Waals surface area (Å²) >= 11 is 0. The van der Waals surface area contributed by atoms with Gasteiger partial charge in [0.05, 0.1) is 23.6 Å². The number of ether oxygens (including phenoxy) is 1. The third-order valence-corrected chi connectivity index (χ3v) is 8.60. The molecule has 176 valence electrons. The molecule has 2 heterocycles. The van der Waals surface area contributed by atoms with Crippen molar-refractivity contribution in [3.8, 4) is 11.8 Å². The smallest absolute Gasteiger partial charge is 0.243 e. The highest BCUT2D eigenvalue weighted by molar-refractivity contribution is 7.89. The predicted octanol–water partition coefficient (Wildman–Crippen LogP) is 2.93. The van der Waals surface area contributed by atoms with Crippen LogP contribution in [-0.2, 0) is 16.6 Å². The maximum atomic E-state index is 13.2. The number of sulfonamides is 1. The van der Waals surface area contributed by atoms with E-state index in [2.05, 4.69) is 21.9 Å². The number of methoxy groups -OCH3 is 1. The lowest BCUT2D eigenvalue weighted by Gasteiger charge is -2.38. The largest absolute Gasteiger partial charge is 0.497 e. The molecule has 2 aromatic carbocycles. The zero-order valence-electron chi connectivity index (χ0n) is 19.2. The first-order chi connectivity index (χ1) is 16.0. The minimum Gasteiger partial charge on any atom is -0.497 e. The molecule has 0 unspecified atom stereocenters. The molecule has 2 saturated heterocycles. The standard InChI is InChI=1S/C25H32N4O3S/c1-32-24-7-3-8-25(18-24)33(30,31)29-12-4-11-28(15-16-29)23-9-13-27(14-10-23)20-22-6-2-5-21(17-22)19-26/h2-3,5-8,17-18,23H,4,9-16,20H2,1H3. The molecule has 8 heteroatoms. The Morgan fingerprint density at radius 2 is 1.79 bits per heavy atom. The molecular formula is C25H32N4O3S. The molecule has 7 nitrogen and oxygen atoms in total. The van der Waals surface area contributed by atoms with E-state index in [0.717, 1.165) is 52.0 Å². The zero-order valence-corrected chi connectivity index (χ0v) is 20.0. The fourth-order valence-corrected chi connectivity index (χ4v) is 6.38. The Hall–Kier alpha value is -2.44. The second kappa shape index (κ2) is 10.7. The molecule has 0 atom stereocenters. The van der Waals surface area contributed by atoms with E-state index in [1.54, 1.807) is 35.7 Å². The molecular weight excluding hydrogens is 436 g/mol. The Morgan fingerprint density at radius 1 is 1.00 bits per heavy atom. The number of hydrogen-bond acceptors (Lipinski definition) is 6. The monoisotopic (exact) mass is 468 g/mol. The Morgan fingerprint density at radius 3 is 2.55 bits per heavy atom. The van der Waals surface area contributed by atoms with Crippen molar-refractivity contribution in [3.63, 3.8) is 0 Å². The number of rotatable bonds is 6. The fraction of sp³-hybridized carbons (Fsp3) is 0.480. The highest BCUT2D eigenvalue weighted by Gasteiger charge is 2.30. The summed E-state index contributed by atoms with van der Waals surface area (Å²) < 4.78 is 33.2. The third kappa shape index (κ3) is 5.74. The molecule has 2 aliphatic rings. The van der Waals surface area contributed by atoms with Gasteiger partial charge in [-0.05, 0) is 68.7 Å². The maximum absolute atomic E-state index is 13.2. The van der Waals surface area contributed by atoms with Gasteiger partial charge in [-0.25, -0.2) is 8.42 Å². The minimum atomic E-state index is -3.53. The lowest BCUT2D eigenvalue weighted by atomic mass is 10.0. The molecule has 2 fully saturated rings. The summed E-state index contributed by atoms with van der Waals surface area (Å²) in [6.07, 6.45) is 3.01. The summed E-state index contributed by atoms with van der Waals surface area (Å²) in [5.74, 6) is 0.554. The minimum absolute atomic E-state index is 0.295. The molecule has 0 bridgehead atoms. The van der Waals surface area contributed by atoms with E-state index < -0.39 is 10.0 Å². The van der Waals surface area contributed by atoms with E-state index >= 15 is 0 Å². The van der Waals surface area contributed by atoms with Crippen LogP contribution < -0.4 is 4.74 Å². The first kappa shape index (κ1) is 23.7. The van der Waals surface area contributed by atoms with Crippen LogP contribution in [0, 0.1) is 11.3 Å². The third-order valence-electron chi connectivity index (χ3n) is 6.70. The van der Waals surface area contributed by atoms with Crippen LogP contribution in [0.15, 0.2) is 53.4 Å². The van der Waals surface area contributed by atoms with Gasteiger partial charge in [-0.15, -0.1) is 0 Å². The van der Waals surface area contributed by atoms with Crippen molar-refractivity contribution in [1.29, 1.82) is 5.26 Å². The van der Waals surface area contributed by atoms with Gasteiger partial charge in [0, 0.05) is 38.3 Å². The lowest BCUT2D eigenvalue weighted by molar-refractivity contribution is 0.108. The van der Waals surface area contributed by atoms with Crippen molar-refractivity contribution in [2.75, 3.05) is 46.4 Å². The summed E-state index contributed by atoms with van der Waals surface area (Å²) in [4.78, 5) is 5.23. The summed E-state index contributed by atoms with van der Waals surface area (Å²) in [6, 6.07) is 17.3. The summed E-state index contributed by atoms with van der Waals surface area (Å²) in [7, 11) is -1.98. The van der Waals surface area contributed by atoms with Crippen LogP contribution in [0.1, 0.15) is 30.4 Å². The molecule has 0 radical (unpaired) electrons. The van der Waals surface area contributed by atoms with E-state index in [9.17, 15) is 8.42 Å². The van der Waals surface area contributed by atoms with Crippen molar-refractivity contribution in [2.24, 2.45) is 0 Å². The van der Waals surface area contributed by atoms with Gasteiger partial charge >= 0.3 is 0 Å². The molecule has 0 aliphatic carbocycles. The van der Waals surface area contributed by atoms with Crippen LogP contribution in [-0.4, -0.2) is 74.9 Å². The first-order valence-corrected chi connectivity index (χ1v) is 13.0. The molecule has 33 heavy (non-hydrogen) atoms. The number of hydrogen-bond donors (Lipinski definition) is 0. The molecule has 0 saturated carbocycles. The topological polar surface area (TPSA) is 76.9 Å². The van der Waals surface area contributed by atoms with Gasteiger partial charge in [0.25, 0.3) is 0 Å². The fourth-order valence-electron chi connectivity index (χ4n) is 4.87. The van der Waals surface area contributed by atoms with Crippen molar-refractivity contribution < 1.29 is 13.2 Å². The van der Waals surface area contributed by atoms with E-state index in [1.165, 1.54) is 5.56 Å². The van der Waals surface area contributed by atoms with E-state index in [0.29, 0.717) is 35.3 Å². The molecule has 2 aliphatic heterocycles. The van der Waals surface area contributed by atoms with Crippen molar-refractivity contribution in [3.05, 3.63) is 59.7 Å². The van der Waals surface area contributed by atoms with Crippen molar-refractivity contribution in [2.45, 2.75) is 36.7 Å². The Balaban J connectivity index is 1.31. The SMILES string of the molecule is COc1cccc(S(=O)(=O)N2CCCN(C3CCN(Cc4cccc(C#N)c4)CC3)CC2)c1. The second-order valence-electron chi connectivity index (χ2n) is 8.79. The Labute approximate surface area is 197 Å². The molecule has 0 N–H and O–H groups in total. The predicted molar refractivity (Wildman–Crippen MR) is 127 cm³/mol. The number of piperidine rings is 1. The quantitative estimate of drug-likeness (QED) is 0.649. The number of likely N-dealkylation sites (tertiary alicyclic amines) is 1. The van der Waals surface area contributed by atoms with Gasteiger partial charge < -0.3 is 4.74 Å². The van der Waals surface area contributed by atoms with Crippen LogP contribution in [0.25, 0.3) is 0 Å². The molecule has 0 aromatic heterocycles. The van der Waals surface area contributed by atoms with Gasteiger partial charge in [0.15, 0.2) is 0 Å². The van der Waals surface area contributed by atoms with Crippen LogP contribution >= 0.6 is 0 Å². The Bertz CT molecular complexity index is 1090.